The van der Waals surface area contributed by atoms with Crippen LogP contribution in [0.25, 0.3) is 11.1 Å². The minimum Gasteiger partial charge on any atom is -0.378 e. The summed E-state index contributed by atoms with van der Waals surface area (Å²) < 4.78 is 0. The van der Waals surface area contributed by atoms with E-state index in [2.05, 4.69) is 18.7 Å². The zero-order valence-corrected chi connectivity index (χ0v) is 11.5. The predicted molar refractivity (Wildman–Crippen MR) is 79.5 cm³/mol. The van der Waals surface area contributed by atoms with Gasteiger partial charge in [0.1, 0.15) is 0 Å². The summed E-state index contributed by atoms with van der Waals surface area (Å²) in [6, 6.07) is 13.9. The van der Waals surface area contributed by atoms with Crippen LogP contribution >= 0.6 is 0 Å². The maximum atomic E-state index is 12.1. The molecule has 0 atom stereocenters. The first-order valence-corrected chi connectivity index (χ1v) is 6.70. The van der Waals surface area contributed by atoms with Crippen LogP contribution in [0.2, 0.25) is 0 Å². The van der Waals surface area contributed by atoms with Crippen molar-refractivity contribution < 1.29 is 4.79 Å². The van der Waals surface area contributed by atoms with Gasteiger partial charge in [0.05, 0.1) is 0 Å². The van der Waals surface area contributed by atoms with E-state index in [0.717, 1.165) is 29.8 Å². The highest BCUT2D eigenvalue weighted by atomic mass is 16.1. The van der Waals surface area contributed by atoms with E-state index in [4.69, 9.17) is 0 Å². The molecule has 0 bridgehead atoms. The Labute approximate surface area is 114 Å². The van der Waals surface area contributed by atoms with E-state index in [1.165, 1.54) is 0 Å². The lowest BCUT2D eigenvalue weighted by Crippen LogP contribution is -2.15. The van der Waals surface area contributed by atoms with Crippen molar-refractivity contribution in [2.24, 2.45) is 0 Å². The van der Waals surface area contributed by atoms with Crippen molar-refractivity contribution in [3.8, 4) is 11.1 Å². The molecule has 0 aromatic carbocycles. The van der Waals surface area contributed by atoms with E-state index in [1.54, 1.807) is 6.08 Å². The molecular formula is C17H19NO. The number of hydrogen-bond acceptors (Lipinski definition) is 2. The summed E-state index contributed by atoms with van der Waals surface area (Å²) in [6.45, 7) is 5.99. The van der Waals surface area contributed by atoms with Gasteiger partial charge in [0, 0.05) is 30.9 Å². The van der Waals surface area contributed by atoms with Gasteiger partial charge in [-0.2, -0.15) is 0 Å². The standard InChI is InChI=1S/C17H19NO/c1-3-18(4-2)11-10-17(19)16-12-14-8-6-5-7-9-15(14)13-16/h5-13H,3-4H2,1-2H3/b11-10+. The van der Waals surface area contributed by atoms with Gasteiger partial charge in [0.2, 0.25) is 0 Å². The van der Waals surface area contributed by atoms with Crippen LogP contribution in [0.4, 0.5) is 0 Å². The number of carbonyl (C=O) groups excluding carboxylic acids is 1. The first-order chi connectivity index (χ1) is 9.24. The average Bonchev–Trinajstić information content (AvgIpc) is 2.71. The fourth-order valence-electron chi connectivity index (χ4n) is 2.06. The number of allylic oxidation sites excluding steroid dienone is 1. The molecule has 0 radical (unpaired) electrons. The van der Waals surface area contributed by atoms with Crippen LogP contribution in [0, 0.1) is 0 Å². The van der Waals surface area contributed by atoms with Crippen LogP contribution in [-0.4, -0.2) is 23.8 Å². The second-order valence-electron chi connectivity index (χ2n) is 4.47. The Bertz CT molecular complexity index is 524. The maximum absolute atomic E-state index is 12.1. The van der Waals surface area contributed by atoms with Crippen molar-refractivity contribution in [2.75, 3.05) is 13.1 Å². The minimum atomic E-state index is 0.0609. The summed E-state index contributed by atoms with van der Waals surface area (Å²) in [5.74, 6) is 0.0609. The fraction of sp³-hybridized carbons (Fsp3) is 0.235. The molecule has 0 heterocycles. The second kappa shape index (κ2) is 6.19. The van der Waals surface area contributed by atoms with Gasteiger partial charge in [0.25, 0.3) is 0 Å². The molecular weight excluding hydrogens is 234 g/mol. The van der Waals surface area contributed by atoms with Gasteiger partial charge in [0.15, 0.2) is 5.78 Å². The molecule has 0 aliphatic heterocycles. The van der Waals surface area contributed by atoms with E-state index >= 15 is 0 Å². The molecule has 0 N–H and O–H groups in total. The number of hydrogen-bond donors (Lipinski definition) is 0. The van der Waals surface area contributed by atoms with Gasteiger partial charge in [-0.1, -0.05) is 30.3 Å². The predicted octanol–water partition coefficient (Wildman–Crippen LogP) is 3.83. The maximum Gasteiger partial charge on any atom is 0.187 e. The van der Waals surface area contributed by atoms with Crippen LogP contribution in [0.3, 0.4) is 0 Å². The monoisotopic (exact) mass is 253 g/mol. The molecule has 98 valence electrons. The molecule has 2 aliphatic carbocycles. The Morgan fingerprint density at radius 3 is 2.16 bits per heavy atom. The molecule has 0 fully saturated rings. The third-order valence-electron chi connectivity index (χ3n) is 3.26. The van der Waals surface area contributed by atoms with Gasteiger partial charge >= 0.3 is 0 Å². The molecule has 0 unspecified atom stereocenters. The third kappa shape index (κ3) is 3.22. The number of fused-ring (bicyclic) bond motifs is 1. The summed E-state index contributed by atoms with van der Waals surface area (Å²) in [6.07, 6.45) is 3.53. The highest BCUT2D eigenvalue weighted by Crippen LogP contribution is 2.25. The molecule has 0 amide bonds. The van der Waals surface area contributed by atoms with E-state index in [0.29, 0.717) is 0 Å². The summed E-state index contributed by atoms with van der Waals surface area (Å²) in [5, 5.41) is 0. The van der Waals surface area contributed by atoms with Gasteiger partial charge < -0.3 is 4.90 Å². The number of rotatable bonds is 5. The molecule has 0 spiro atoms. The fourth-order valence-corrected chi connectivity index (χ4v) is 2.06. The Morgan fingerprint density at radius 1 is 1.05 bits per heavy atom. The zero-order chi connectivity index (χ0) is 13.7. The highest BCUT2D eigenvalue weighted by Gasteiger charge is 2.09. The molecule has 2 heteroatoms. The van der Waals surface area contributed by atoms with Gasteiger partial charge in [-0.05, 0) is 37.1 Å². The lowest BCUT2D eigenvalue weighted by molar-refractivity contribution is 0.104. The average molecular weight is 253 g/mol. The Morgan fingerprint density at radius 2 is 1.63 bits per heavy atom. The lowest BCUT2D eigenvalue weighted by atomic mass is 10.2. The van der Waals surface area contributed by atoms with Crippen LogP contribution < -0.4 is 0 Å². The lowest BCUT2D eigenvalue weighted by Gasteiger charge is -2.13. The van der Waals surface area contributed by atoms with Crippen molar-refractivity contribution in [2.45, 2.75) is 13.8 Å². The van der Waals surface area contributed by atoms with Gasteiger partial charge in [-0.25, -0.2) is 0 Å². The Kier molecular flexibility index (Phi) is 4.35. The first-order valence-electron chi connectivity index (χ1n) is 6.70. The quantitative estimate of drug-likeness (QED) is 0.596. The molecule has 2 nitrogen and oxygen atoms in total. The van der Waals surface area contributed by atoms with E-state index in [-0.39, 0.29) is 5.78 Å². The first kappa shape index (κ1) is 13.3. The number of carbonyl (C=O) groups is 1. The normalized spacial score (nSPS) is 11.1. The SMILES string of the molecule is CCN(/C=C/C(=O)c1cc2cccccc-2c1)CC. The molecule has 19 heavy (non-hydrogen) atoms. The molecule has 0 saturated heterocycles. The van der Waals surface area contributed by atoms with Crippen LogP contribution in [-0.2, 0) is 0 Å². The number of ketones is 1. The Hall–Kier alpha value is -2.09. The smallest absolute Gasteiger partial charge is 0.187 e. The summed E-state index contributed by atoms with van der Waals surface area (Å²) >= 11 is 0. The summed E-state index contributed by atoms with van der Waals surface area (Å²) in [7, 11) is 0. The van der Waals surface area contributed by atoms with Crippen molar-refractivity contribution in [1.29, 1.82) is 0 Å². The van der Waals surface area contributed by atoms with Crippen molar-refractivity contribution in [3.05, 3.63) is 60.3 Å². The Balaban J connectivity index is 2.21. The van der Waals surface area contributed by atoms with E-state index < -0.39 is 0 Å². The minimum absolute atomic E-state index is 0.0609. The van der Waals surface area contributed by atoms with E-state index in [9.17, 15) is 4.79 Å². The largest absolute Gasteiger partial charge is 0.378 e. The topological polar surface area (TPSA) is 20.3 Å². The highest BCUT2D eigenvalue weighted by molar-refractivity contribution is 6.06. The van der Waals surface area contributed by atoms with Crippen molar-refractivity contribution in [1.82, 2.24) is 4.90 Å². The zero-order valence-electron chi connectivity index (χ0n) is 11.5. The van der Waals surface area contributed by atoms with Crippen LogP contribution in [0.15, 0.2) is 54.7 Å². The summed E-state index contributed by atoms with van der Waals surface area (Å²) in [4.78, 5) is 14.2. The van der Waals surface area contributed by atoms with E-state index in [1.807, 2.05) is 48.7 Å². The molecule has 2 rings (SSSR count). The van der Waals surface area contributed by atoms with Gasteiger partial charge in [-0.15, -0.1) is 0 Å². The molecule has 0 aromatic rings. The summed E-state index contributed by atoms with van der Waals surface area (Å²) in [5.41, 5.74) is 2.96. The number of nitrogens with zero attached hydrogens (tertiary/aromatic N) is 1. The van der Waals surface area contributed by atoms with Crippen LogP contribution in [0.5, 0.6) is 0 Å². The van der Waals surface area contributed by atoms with Gasteiger partial charge in [-0.3, -0.25) is 4.79 Å². The van der Waals surface area contributed by atoms with Crippen LogP contribution in [0.1, 0.15) is 24.2 Å². The molecule has 0 saturated carbocycles. The molecule has 0 aromatic heterocycles. The third-order valence-corrected chi connectivity index (χ3v) is 3.26. The molecule has 2 aliphatic rings. The van der Waals surface area contributed by atoms with Crippen molar-refractivity contribution in [3.63, 3.8) is 0 Å². The second-order valence-corrected chi connectivity index (χ2v) is 4.47. The van der Waals surface area contributed by atoms with Crippen molar-refractivity contribution >= 4 is 5.78 Å².